The third-order valence-electron chi connectivity index (χ3n) is 4.03. The summed E-state index contributed by atoms with van der Waals surface area (Å²) in [6.07, 6.45) is 8.28. The zero-order valence-electron chi connectivity index (χ0n) is 12.4. The number of alkyl halides is 1. The first-order valence-corrected chi connectivity index (χ1v) is 9.38. The van der Waals surface area contributed by atoms with Gasteiger partial charge in [-0.25, -0.2) is 12.8 Å². The number of hydrogen-bond donors (Lipinski definition) is 1. The molecular formula is C14H29FN2O2S. The van der Waals surface area contributed by atoms with Gasteiger partial charge in [0.1, 0.15) is 6.67 Å². The van der Waals surface area contributed by atoms with Gasteiger partial charge in [0, 0.05) is 13.1 Å². The Morgan fingerprint density at radius 2 is 1.65 bits per heavy atom. The lowest BCUT2D eigenvalue weighted by Crippen LogP contribution is -2.41. The van der Waals surface area contributed by atoms with Crippen LogP contribution in [0.4, 0.5) is 4.39 Å². The molecule has 20 heavy (non-hydrogen) atoms. The van der Waals surface area contributed by atoms with Crippen LogP contribution in [-0.2, 0) is 10.0 Å². The monoisotopic (exact) mass is 308 g/mol. The summed E-state index contributed by atoms with van der Waals surface area (Å²) >= 11 is 0. The van der Waals surface area contributed by atoms with Gasteiger partial charge in [-0.1, -0.05) is 32.1 Å². The Morgan fingerprint density at radius 3 is 2.25 bits per heavy atom. The zero-order chi connectivity index (χ0) is 14.8. The highest BCUT2D eigenvalue weighted by atomic mass is 32.2. The summed E-state index contributed by atoms with van der Waals surface area (Å²) in [6.45, 7) is 0.534. The quantitative estimate of drug-likeness (QED) is 0.630. The third-order valence-corrected chi connectivity index (χ3v) is 6.43. The van der Waals surface area contributed by atoms with Gasteiger partial charge in [-0.15, -0.1) is 0 Å². The molecule has 1 aliphatic carbocycles. The largest absolute Gasteiger partial charge is 0.330 e. The van der Waals surface area contributed by atoms with Crippen molar-refractivity contribution in [3.05, 3.63) is 0 Å². The zero-order valence-corrected chi connectivity index (χ0v) is 13.2. The van der Waals surface area contributed by atoms with E-state index in [4.69, 9.17) is 5.73 Å². The summed E-state index contributed by atoms with van der Waals surface area (Å²) in [5.41, 5.74) is 5.43. The molecule has 0 radical (unpaired) electrons. The van der Waals surface area contributed by atoms with Gasteiger partial charge in [-0.3, -0.25) is 0 Å². The fourth-order valence-electron chi connectivity index (χ4n) is 2.82. The number of hydrogen-bond acceptors (Lipinski definition) is 3. The molecule has 2 N–H and O–H groups in total. The Morgan fingerprint density at radius 1 is 1.00 bits per heavy atom. The molecule has 1 rings (SSSR count). The van der Waals surface area contributed by atoms with E-state index in [9.17, 15) is 12.8 Å². The molecule has 1 fully saturated rings. The average molecular weight is 308 g/mol. The number of halogens is 1. The molecule has 1 aliphatic rings. The standard InChI is InChI=1S/C14H29FN2O2S/c15-10-13-17(12-7-2-1-6-11-16)20(18,19)14-8-4-3-5-9-14/h14H,1-13,16H2. The van der Waals surface area contributed by atoms with E-state index in [-0.39, 0.29) is 11.8 Å². The molecule has 0 aromatic carbocycles. The highest BCUT2D eigenvalue weighted by Gasteiger charge is 2.32. The van der Waals surface area contributed by atoms with Crippen molar-refractivity contribution in [1.82, 2.24) is 4.31 Å². The predicted molar refractivity (Wildman–Crippen MR) is 80.9 cm³/mol. The third kappa shape index (κ3) is 5.66. The molecule has 0 amide bonds. The first-order valence-electron chi connectivity index (χ1n) is 7.88. The van der Waals surface area contributed by atoms with Gasteiger partial charge in [-0.05, 0) is 32.2 Å². The first-order chi connectivity index (χ1) is 9.62. The van der Waals surface area contributed by atoms with Crippen molar-refractivity contribution in [3.8, 4) is 0 Å². The molecule has 6 heteroatoms. The SMILES string of the molecule is NCCCCCCN(CCF)S(=O)(=O)C1CCCCC1. The number of sulfonamides is 1. The summed E-state index contributed by atoms with van der Waals surface area (Å²) in [5.74, 6) is 0. The summed E-state index contributed by atoms with van der Waals surface area (Å²) in [7, 11) is -3.31. The Bertz CT molecular complexity index is 343. The van der Waals surface area contributed by atoms with Crippen LogP contribution in [-0.4, -0.2) is 44.3 Å². The van der Waals surface area contributed by atoms with Crippen molar-refractivity contribution < 1.29 is 12.8 Å². The molecule has 120 valence electrons. The Labute approximate surface area is 123 Å². The van der Waals surface area contributed by atoms with Crippen molar-refractivity contribution >= 4 is 10.0 Å². The van der Waals surface area contributed by atoms with Gasteiger partial charge in [0.05, 0.1) is 5.25 Å². The van der Waals surface area contributed by atoms with Crippen molar-refractivity contribution in [1.29, 1.82) is 0 Å². The fraction of sp³-hybridized carbons (Fsp3) is 1.00. The molecule has 1 saturated carbocycles. The molecular weight excluding hydrogens is 279 g/mol. The van der Waals surface area contributed by atoms with E-state index in [1.807, 2.05) is 0 Å². The minimum Gasteiger partial charge on any atom is -0.330 e. The molecule has 0 unspecified atom stereocenters. The molecule has 0 aliphatic heterocycles. The maximum Gasteiger partial charge on any atom is 0.217 e. The minimum atomic E-state index is -3.31. The molecule has 0 aromatic rings. The van der Waals surface area contributed by atoms with Crippen molar-refractivity contribution in [2.75, 3.05) is 26.3 Å². The van der Waals surface area contributed by atoms with E-state index < -0.39 is 16.7 Å². The maximum atomic E-state index is 12.6. The van der Waals surface area contributed by atoms with Gasteiger partial charge in [0.15, 0.2) is 0 Å². The average Bonchev–Trinajstić information content (AvgIpc) is 2.46. The topological polar surface area (TPSA) is 63.4 Å². The van der Waals surface area contributed by atoms with Crippen molar-refractivity contribution in [2.24, 2.45) is 5.73 Å². The molecule has 0 bridgehead atoms. The first kappa shape index (κ1) is 17.9. The molecule has 0 heterocycles. The van der Waals surface area contributed by atoms with Gasteiger partial charge < -0.3 is 5.73 Å². The van der Waals surface area contributed by atoms with E-state index in [2.05, 4.69) is 0 Å². The normalized spacial score (nSPS) is 17.8. The van der Waals surface area contributed by atoms with Crippen LogP contribution in [0.25, 0.3) is 0 Å². The second-order valence-electron chi connectivity index (χ2n) is 5.60. The number of nitrogens with two attached hydrogens (primary N) is 1. The van der Waals surface area contributed by atoms with Crippen molar-refractivity contribution in [2.45, 2.75) is 63.0 Å². The highest BCUT2D eigenvalue weighted by molar-refractivity contribution is 7.89. The number of unbranched alkanes of at least 4 members (excludes halogenated alkanes) is 3. The van der Waals surface area contributed by atoms with Crippen LogP contribution in [0.5, 0.6) is 0 Å². The lowest BCUT2D eigenvalue weighted by atomic mass is 10.0. The minimum absolute atomic E-state index is 0.00965. The van der Waals surface area contributed by atoms with E-state index in [0.29, 0.717) is 13.1 Å². The Balaban J connectivity index is 2.49. The summed E-state index contributed by atoms with van der Waals surface area (Å²) in [4.78, 5) is 0. The second-order valence-corrected chi connectivity index (χ2v) is 7.81. The summed E-state index contributed by atoms with van der Waals surface area (Å²) in [6, 6.07) is 0. The van der Waals surface area contributed by atoms with E-state index in [1.54, 1.807) is 0 Å². The van der Waals surface area contributed by atoms with E-state index in [0.717, 1.165) is 57.8 Å². The lowest BCUT2D eigenvalue weighted by Gasteiger charge is -2.29. The molecule has 0 atom stereocenters. The predicted octanol–water partition coefficient (Wildman–Crippen LogP) is 2.44. The molecule has 4 nitrogen and oxygen atoms in total. The van der Waals surface area contributed by atoms with E-state index >= 15 is 0 Å². The van der Waals surface area contributed by atoms with Crippen LogP contribution < -0.4 is 5.73 Å². The van der Waals surface area contributed by atoms with Gasteiger partial charge in [0.25, 0.3) is 0 Å². The van der Waals surface area contributed by atoms with Gasteiger partial charge in [-0.2, -0.15) is 4.31 Å². The smallest absolute Gasteiger partial charge is 0.217 e. The van der Waals surface area contributed by atoms with Gasteiger partial charge >= 0.3 is 0 Å². The van der Waals surface area contributed by atoms with Crippen LogP contribution in [0, 0.1) is 0 Å². The number of nitrogens with zero attached hydrogens (tertiary/aromatic N) is 1. The van der Waals surface area contributed by atoms with Crippen LogP contribution in [0.2, 0.25) is 0 Å². The van der Waals surface area contributed by atoms with E-state index in [1.165, 1.54) is 4.31 Å². The molecule has 0 aromatic heterocycles. The van der Waals surface area contributed by atoms with Crippen molar-refractivity contribution in [3.63, 3.8) is 0 Å². The number of rotatable bonds is 10. The lowest BCUT2D eigenvalue weighted by molar-refractivity contribution is 0.339. The van der Waals surface area contributed by atoms with Crippen LogP contribution in [0.3, 0.4) is 0 Å². The van der Waals surface area contributed by atoms with Gasteiger partial charge in [0.2, 0.25) is 10.0 Å². The van der Waals surface area contributed by atoms with Crippen LogP contribution in [0.15, 0.2) is 0 Å². The summed E-state index contributed by atoms with van der Waals surface area (Å²) < 4.78 is 39.1. The van der Waals surface area contributed by atoms with Crippen LogP contribution >= 0.6 is 0 Å². The summed E-state index contributed by atoms with van der Waals surface area (Å²) in [5, 5.41) is -0.285. The fourth-order valence-corrected chi connectivity index (χ4v) is 4.88. The Hall–Kier alpha value is -0.200. The second kappa shape index (κ2) is 9.68. The maximum absolute atomic E-state index is 12.6. The molecule has 0 spiro atoms. The highest BCUT2D eigenvalue weighted by Crippen LogP contribution is 2.26. The Kier molecular flexibility index (Phi) is 8.64. The molecule has 0 saturated heterocycles. The van der Waals surface area contributed by atoms with Crippen LogP contribution in [0.1, 0.15) is 57.8 Å².